The van der Waals surface area contributed by atoms with Crippen molar-refractivity contribution in [1.82, 2.24) is 10.3 Å². The van der Waals surface area contributed by atoms with Crippen LogP contribution >= 0.6 is 0 Å². The molecular weight excluding hydrogens is 248 g/mol. The zero-order valence-electron chi connectivity index (χ0n) is 12.2. The Balaban J connectivity index is 1.76. The van der Waals surface area contributed by atoms with E-state index in [1.807, 2.05) is 6.07 Å². The van der Waals surface area contributed by atoms with E-state index in [1.165, 1.54) is 17.4 Å². The fraction of sp³-hybridized carbons (Fsp3) is 0.471. The lowest BCUT2D eigenvalue weighted by atomic mass is 10.00. The summed E-state index contributed by atoms with van der Waals surface area (Å²) in [6.45, 7) is 7.01. The first-order valence-electron chi connectivity index (χ1n) is 7.40. The quantitative estimate of drug-likeness (QED) is 0.927. The van der Waals surface area contributed by atoms with Gasteiger partial charge in [0.25, 0.3) is 0 Å². The highest BCUT2D eigenvalue weighted by Gasteiger charge is 2.21. The van der Waals surface area contributed by atoms with E-state index in [0.717, 1.165) is 31.0 Å². The standard InChI is InChI=1S/C17H22N2O/c1-12-9-15(16-5-3-4-6-17(16)19-12)10-18-13(2)14-7-8-20-11-14/h3-6,9,13-14,18H,7-8,10-11H2,1-2H3. The summed E-state index contributed by atoms with van der Waals surface area (Å²) in [5, 5.41) is 4.90. The topological polar surface area (TPSA) is 34.1 Å². The number of aromatic nitrogens is 1. The van der Waals surface area contributed by atoms with Gasteiger partial charge in [-0.15, -0.1) is 0 Å². The number of hydrogen-bond donors (Lipinski definition) is 1. The molecule has 1 fully saturated rings. The molecule has 2 unspecified atom stereocenters. The van der Waals surface area contributed by atoms with E-state index in [-0.39, 0.29) is 0 Å². The molecule has 3 rings (SSSR count). The Kier molecular flexibility index (Phi) is 3.99. The normalized spacial score (nSPS) is 20.4. The molecule has 1 aromatic carbocycles. The summed E-state index contributed by atoms with van der Waals surface area (Å²) < 4.78 is 5.47. The molecule has 0 radical (unpaired) electrons. The van der Waals surface area contributed by atoms with Crippen LogP contribution in [0.25, 0.3) is 10.9 Å². The van der Waals surface area contributed by atoms with Crippen molar-refractivity contribution < 1.29 is 4.74 Å². The number of pyridine rings is 1. The number of nitrogens with one attached hydrogen (secondary N) is 1. The molecule has 0 bridgehead atoms. The third kappa shape index (κ3) is 2.84. The van der Waals surface area contributed by atoms with Gasteiger partial charge in [-0.2, -0.15) is 0 Å². The predicted molar refractivity (Wildman–Crippen MR) is 81.7 cm³/mol. The average Bonchev–Trinajstić information content (AvgIpc) is 2.98. The second-order valence-electron chi connectivity index (χ2n) is 5.73. The molecular formula is C17H22N2O. The Morgan fingerprint density at radius 1 is 1.40 bits per heavy atom. The van der Waals surface area contributed by atoms with Crippen molar-refractivity contribution in [3.8, 4) is 0 Å². The van der Waals surface area contributed by atoms with Crippen molar-refractivity contribution in [3.63, 3.8) is 0 Å². The monoisotopic (exact) mass is 270 g/mol. The molecule has 2 atom stereocenters. The zero-order valence-corrected chi connectivity index (χ0v) is 12.2. The van der Waals surface area contributed by atoms with Crippen molar-refractivity contribution in [2.45, 2.75) is 32.9 Å². The van der Waals surface area contributed by atoms with E-state index < -0.39 is 0 Å². The molecule has 1 saturated heterocycles. The Morgan fingerprint density at radius 3 is 3.05 bits per heavy atom. The molecule has 3 heteroatoms. The predicted octanol–water partition coefficient (Wildman–Crippen LogP) is 3.06. The van der Waals surface area contributed by atoms with Crippen LogP contribution in [-0.2, 0) is 11.3 Å². The number of para-hydroxylation sites is 1. The fourth-order valence-corrected chi connectivity index (χ4v) is 2.93. The van der Waals surface area contributed by atoms with Crippen LogP contribution in [0.1, 0.15) is 24.6 Å². The highest BCUT2D eigenvalue weighted by atomic mass is 16.5. The molecule has 0 aliphatic carbocycles. The van der Waals surface area contributed by atoms with Gasteiger partial charge in [-0.05, 0) is 43.9 Å². The number of benzene rings is 1. The van der Waals surface area contributed by atoms with Gasteiger partial charge in [0.2, 0.25) is 0 Å². The van der Waals surface area contributed by atoms with Gasteiger partial charge < -0.3 is 10.1 Å². The number of nitrogens with zero attached hydrogens (tertiary/aromatic N) is 1. The molecule has 1 aliphatic rings. The third-order valence-corrected chi connectivity index (χ3v) is 4.22. The number of fused-ring (bicyclic) bond motifs is 1. The van der Waals surface area contributed by atoms with Crippen LogP contribution in [-0.4, -0.2) is 24.2 Å². The van der Waals surface area contributed by atoms with Crippen molar-refractivity contribution in [1.29, 1.82) is 0 Å². The summed E-state index contributed by atoms with van der Waals surface area (Å²) in [7, 11) is 0. The number of aryl methyl sites for hydroxylation is 1. The zero-order chi connectivity index (χ0) is 13.9. The summed E-state index contributed by atoms with van der Waals surface area (Å²) in [6.07, 6.45) is 1.17. The first-order valence-corrected chi connectivity index (χ1v) is 7.40. The van der Waals surface area contributed by atoms with E-state index in [2.05, 4.69) is 48.4 Å². The number of hydrogen-bond acceptors (Lipinski definition) is 3. The van der Waals surface area contributed by atoms with Crippen molar-refractivity contribution >= 4 is 10.9 Å². The molecule has 3 nitrogen and oxygen atoms in total. The van der Waals surface area contributed by atoms with Gasteiger partial charge in [-0.1, -0.05) is 18.2 Å². The summed E-state index contributed by atoms with van der Waals surface area (Å²) in [6, 6.07) is 11.0. The van der Waals surface area contributed by atoms with Gasteiger partial charge in [-0.3, -0.25) is 4.98 Å². The minimum absolute atomic E-state index is 0.490. The molecule has 1 aromatic heterocycles. The van der Waals surface area contributed by atoms with Gasteiger partial charge in [0.1, 0.15) is 0 Å². The van der Waals surface area contributed by atoms with E-state index in [9.17, 15) is 0 Å². The molecule has 2 heterocycles. The second-order valence-corrected chi connectivity index (χ2v) is 5.73. The van der Waals surface area contributed by atoms with E-state index in [0.29, 0.717) is 12.0 Å². The molecule has 1 aliphatic heterocycles. The summed E-state index contributed by atoms with van der Waals surface area (Å²) in [4.78, 5) is 4.59. The van der Waals surface area contributed by atoms with Crippen LogP contribution in [0.5, 0.6) is 0 Å². The number of ether oxygens (including phenoxy) is 1. The molecule has 20 heavy (non-hydrogen) atoms. The van der Waals surface area contributed by atoms with Crippen LogP contribution in [0.3, 0.4) is 0 Å². The highest BCUT2D eigenvalue weighted by Crippen LogP contribution is 2.20. The molecule has 0 spiro atoms. The lowest BCUT2D eigenvalue weighted by Gasteiger charge is -2.20. The SMILES string of the molecule is Cc1cc(CNC(C)C2CCOC2)c2ccccc2n1. The van der Waals surface area contributed by atoms with Crippen LogP contribution in [0, 0.1) is 12.8 Å². The molecule has 1 N–H and O–H groups in total. The Hall–Kier alpha value is -1.45. The fourth-order valence-electron chi connectivity index (χ4n) is 2.93. The minimum Gasteiger partial charge on any atom is -0.381 e. The van der Waals surface area contributed by atoms with Crippen molar-refractivity contribution in [2.24, 2.45) is 5.92 Å². The average molecular weight is 270 g/mol. The Labute approximate surface area is 120 Å². The van der Waals surface area contributed by atoms with Gasteiger partial charge in [-0.25, -0.2) is 0 Å². The maximum Gasteiger partial charge on any atom is 0.0708 e. The Morgan fingerprint density at radius 2 is 2.25 bits per heavy atom. The smallest absolute Gasteiger partial charge is 0.0708 e. The molecule has 2 aromatic rings. The first-order chi connectivity index (χ1) is 9.74. The molecule has 0 saturated carbocycles. The van der Waals surface area contributed by atoms with Gasteiger partial charge in [0, 0.05) is 30.3 Å². The van der Waals surface area contributed by atoms with Gasteiger partial charge >= 0.3 is 0 Å². The lowest BCUT2D eigenvalue weighted by Crippen LogP contribution is -2.33. The van der Waals surface area contributed by atoms with Gasteiger partial charge in [0.05, 0.1) is 12.1 Å². The largest absolute Gasteiger partial charge is 0.381 e. The lowest BCUT2D eigenvalue weighted by molar-refractivity contribution is 0.178. The van der Waals surface area contributed by atoms with Crippen LogP contribution in [0.15, 0.2) is 30.3 Å². The van der Waals surface area contributed by atoms with Crippen LogP contribution in [0.2, 0.25) is 0 Å². The van der Waals surface area contributed by atoms with E-state index >= 15 is 0 Å². The summed E-state index contributed by atoms with van der Waals surface area (Å²) in [5.41, 5.74) is 3.50. The first kappa shape index (κ1) is 13.5. The minimum atomic E-state index is 0.490. The van der Waals surface area contributed by atoms with Crippen LogP contribution in [0.4, 0.5) is 0 Å². The van der Waals surface area contributed by atoms with Crippen LogP contribution < -0.4 is 5.32 Å². The maximum absolute atomic E-state index is 5.47. The Bertz CT molecular complexity index is 591. The third-order valence-electron chi connectivity index (χ3n) is 4.22. The van der Waals surface area contributed by atoms with Crippen molar-refractivity contribution in [2.75, 3.05) is 13.2 Å². The maximum atomic E-state index is 5.47. The molecule has 106 valence electrons. The summed E-state index contributed by atoms with van der Waals surface area (Å²) >= 11 is 0. The van der Waals surface area contributed by atoms with Crippen molar-refractivity contribution in [3.05, 3.63) is 41.6 Å². The highest BCUT2D eigenvalue weighted by molar-refractivity contribution is 5.82. The second kappa shape index (κ2) is 5.90. The van der Waals surface area contributed by atoms with E-state index in [1.54, 1.807) is 0 Å². The number of rotatable bonds is 4. The summed E-state index contributed by atoms with van der Waals surface area (Å²) in [5.74, 6) is 0.643. The van der Waals surface area contributed by atoms with E-state index in [4.69, 9.17) is 4.74 Å². The molecule has 0 amide bonds. The van der Waals surface area contributed by atoms with Gasteiger partial charge in [0.15, 0.2) is 0 Å².